The number of morpholine rings is 1. The average Bonchev–Trinajstić information content (AvgIpc) is 2.95. The number of carbonyl (C=O) groups is 1. The highest BCUT2D eigenvalue weighted by atomic mass is 35.5. The van der Waals surface area contributed by atoms with E-state index in [1.54, 1.807) is 24.1 Å². The van der Waals surface area contributed by atoms with E-state index in [1.807, 2.05) is 41.0 Å². The molecule has 41 heavy (non-hydrogen) atoms. The molecule has 2 aromatic rings. The first-order valence-electron chi connectivity index (χ1n) is 13.2. The molecule has 2 N–H and O–H groups in total. The molecule has 0 radical (unpaired) electrons. The van der Waals surface area contributed by atoms with E-state index in [-0.39, 0.29) is 23.0 Å². The predicted octanol–water partition coefficient (Wildman–Crippen LogP) is 3.84. The molecular weight excluding hydrogens is 561 g/mol. The number of carbonyl (C=O) groups excluding carboxylic acids is 1. The maximum absolute atomic E-state index is 13.8. The minimum absolute atomic E-state index is 0.0243. The van der Waals surface area contributed by atoms with Crippen LogP contribution in [-0.2, 0) is 17.5 Å². The molecule has 0 unspecified atom stereocenters. The van der Waals surface area contributed by atoms with Crippen LogP contribution in [0, 0.1) is 0 Å². The number of rotatable bonds is 6. The summed E-state index contributed by atoms with van der Waals surface area (Å²) < 4.78 is 52.3. The molecule has 3 heterocycles. The number of amides is 1. The first-order chi connectivity index (χ1) is 19.6. The third-order valence-corrected chi connectivity index (χ3v) is 7.57. The van der Waals surface area contributed by atoms with Crippen LogP contribution in [0.1, 0.15) is 21.5 Å². The maximum Gasteiger partial charge on any atom is 0.416 e. The summed E-state index contributed by atoms with van der Waals surface area (Å²) in [6.07, 6.45) is -2.59. The van der Waals surface area contributed by atoms with Gasteiger partial charge in [-0.05, 0) is 42.0 Å². The van der Waals surface area contributed by atoms with Gasteiger partial charge in [-0.15, -0.1) is 0 Å². The molecule has 1 amide bonds. The van der Waals surface area contributed by atoms with Gasteiger partial charge < -0.3 is 29.5 Å². The lowest BCUT2D eigenvalue weighted by Crippen LogP contribution is -2.51. The van der Waals surface area contributed by atoms with Crippen LogP contribution in [-0.4, -0.2) is 81.3 Å². The zero-order chi connectivity index (χ0) is 29.3. The van der Waals surface area contributed by atoms with Gasteiger partial charge in [0, 0.05) is 63.5 Å². The summed E-state index contributed by atoms with van der Waals surface area (Å²) in [7, 11) is 5.24. The van der Waals surface area contributed by atoms with Crippen molar-refractivity contribution in [3.8, 4) is 5.75 Å². The van der Waals surface area contributed by atoms with Crippen LogP contribution in [0.4, 0.5) is 18.9 Å². The molecule has 0 bridgehead atoms. The Labute approximate surface area is 241 Å². The molecule has 1 fully saturated rings. The van der Waals surface area contributed by atoms with Gasteiger partial charge in [-0.25, -0.2) is 0 Å². The van der Waals surface area contributed by atoms with E-state index < -0.39 is 11.7 Å². The van der Waals surface area contributed by atoms with Gasteiger partial charge in [0.1, 0.15) is 17.4 Å². The molecule has 3 aliphatic rings. The fourth-order valence-corrected chi connectivity index (χ4v) is 5.41. The first-order valence-corrected chi connectivity index (χ1v) is 13.5. The molecular formula is C28H32ClF3N6O3. The van der Waals surface area contributed by atoms with E-state index in [0.29, 0.717) is 73.7 Å². The summed E-state index contributed by atoms with van der Waals surface area (Å²) in [4.78, 5) is 18.6. The fraction of sp³-hybridized carbons (Fsp3) is 0.393. The molecule has 3 aliphatic heterocycles. The van der Waals surface area contributed by atoms with Gasteiger partial charge in [-0.2, -0.15) is 13.2 Å². The Morgan fingerprint density at radius 1 is 1.15 bits per heavy atom. The Balaban J connectivity index is 1.44. The van der Waals surface area contributed by atoms with E-state index in [9.17, 15) is 18.0 Å². The van der Waals surface area contributed by atoms with Crippen molar-refractivity contribution in [3.63, 3.8) is 0 Å². The Kier molecular flexibility index (Phi) is 8.14. The van der Waals surface area contributed by atoms with Gasteiger partial charge in [0.05, 0.1) is 37.3 Å². The van der Waals surface area contributed by atoms with Crippen LogP contribution in [0.25, 0.3) is 0 Å². The molecule has 5 rings (SSSR count). The van der Waals surface area contributed by atoms with Crippen molar-refractivity contribution in [3.05, 3.63) is 81.5 Å². The molecule has 0 aliphatic carbocycles. The Hall–Kier alpha value is -3.77. The number of nitrogens with zero attached hydrogens (tertiary/aromatic N) is 4. The number of hydrazine groups is 1. The zero-order valence-corrected chi connectivity index (χ0v) is 23.8. The van der Waals surface area contributed by atoms with Gasteiger partial charge in [-0.3, -0.25) is 15.2 Å². The van der Waals surface area contributed by atoms with Gasteiger partial charge in [-0.1, -0.05) is 11.6 Å². The highest BCUT2D eigenvalue weighted by Gasteiger charge is 2.35. The molecule has 1 saturated heterocycles. The quantitative estimate of drug-likeness (QED) is 0.524. The van der Waals surface area contributed by atoms with Crippen LogP contribution in [0.3, 0.4) is 0 Å². The fourth-order valence-electron chi connectivity index (χ4n) is 5.21. The molecule has 2 aromatic carbocycles. The minimum Gasteiger partial charge on any atom is -0.495 e. The number of anilines is 1. The molecule has 220 valence electrons. The molecule has 9 nitrogen and oxygen atoms in total. The molecule has 0 atom stereocenters. The predicted molar refractivity (Wildman–Crippen MR) is 149 cm³/mol. The zero-order valence-electron chi connectivity index (χ0n) is 23.0. The van der Waals surface area contributed by atoms with Crippen molar-refractivity contribution >= 4 is 23.2 Å². The summed E-state index contributed by atoms with van der Waals surface area (Å²) >= 11 is 6.09. The third kappa shape index (κ3) is 5.98. The van der Waals surface area contributed by atoms with E-state index in [0.717, 1.165) is 6.07 Å². The van der Waals surface area contributed by atoms with Crippen molar-refractivity contribution in [2.75, 3.05) is 65.5 Å². The van der Waals surface area contributed by atoms with Crippen LogP contribution < -0.4 is 20.4 Å². The highest BCUT2D eigenvalue weighted by Crippen LogP contribution is 2.36. The number of benzene rings is 2. The summed E-state index contributed by atoms with van der Waals surface area (Å²) in [6.45, 7) is 3.15. The number of alkyl halides is 3. The Morgan fingerprint density at radius 3 is 2.61 bits per heavy atom. The second kappa shape index (κ2) is 11.6. The summed E-state index contributed by atoms with van der Waals surface area (Å²) in [5.41, 5.74) is 4.61. The molecule has 0 spiro atoms. The molecule has 13 heteroatoms. The highest BCUT2D eigenvalue weighted by molar-refractivity contribution is 6.30. The Bertz CT molecular complexity index is 1380. The van der Waals surface area contributed by atoms with E-state index in [4.69, 9.17) is 21.1 Å². The number of nitrogens with one attached hydrogen (secondary N) is 2. The topological polar surface area (TPSA) is 72.5 Å². The molecule has 0 saturated carbocycles. The number of methoxy groups -OCH3 is 1. The number of halogens is 4. The van der Waals surface area contributed by atoms with Gasteiger partial charge in [0.2, 0.25) is 0 Å². The average molecular weight is 593 g/mol. The van der Waals surface area contributed by atoms with Crippen molar-refractivity contribution < 1.29 is 27.4 Å². The summed E-state index contributed by atoms with van der Waals surface area (Å²) in [6, 6.07) is 8.96. The number of hydrogen-bond acceptors (Lipinski definition) is 8. The van der Waals surface area contributed by atoms with E-state index >= 15 is 0 Å². The summed E-state index contributed by atoms with van der Waals surface area (Å²) in [5.74, 6) is 1.82. The monoisotopic (exact) mass is 592 g/mol. The van der Waals surface area contributed by atoms with Gasteiger partial charge >= 0.3 is 6.18 Å². The summed E-state index contributed by atoms with van der Waals surface area (Å²) in [5, 5.41) is 5.35. The first kappa shape index (κ1) is 28.7. The molecule has 0 aromatic heterocycles. The second-order valence-corrected chi connectivity index (χ2v) is 10.4. The normalized spacial score (nSPS) is 17.4. The third-order valence-electron chi connectivity index (χ3n) is 7.33. The van der Waals surface area contributed by atoms with Crippen LogP contribution in [0.5, 0.6) is 5.75 Å². The number of allylic oxidation sites excluding steroid dienone is 1. The van der Waals surface area contributed by atoms with Gasteiger partial charge in [0.15, 0.2) is 0 Å². The standard InChI is InChI=1S/C28H32ClF3N6O3/c1-35(22-7-4-18(15-24(22)40-3)27(39)37-10-12-41-13-11-37)25-16-23-26(34-36(25)2)33-8-9-38(23)17-19-14-20(29)5-6-21(19)28(30,31)32/h4-7,14-16,33-34H,8-13,17H2,1-3H3. The van der Waals surface area contributed by atoms with Crippen molar-refractivity contribution in [1.29, 1.82) is 0 Å². The van der Waals surface area contributed by atoms with Crippen molar-refractivity contribution in [2.24, 2.45) is 0 Å². The van der Waals surface area contributed by atoms with Crippen molar-refractivity contribution in [2.45, 2.75) is 12.7 Å². The smallest absolute Gasteiger partial charge is 0.416 e. The number of hydrogen-bond donors (Lipinski definition) is 2. The van der Waals surface area contributed by atoms with E-state index in [2.05, 4.69) is 10.7 Å². The lowest BCUT2D eigenvalue weighted by Gasteiger charge is -2.42. The SMILES string of the molecule is COc1cc(C(=O)N2CCOCC2)ccc1N(C)C1=CC2=C(NCCN2Cc2cc(Cl)ccc2C(F)(F)F)NN1C. The second-order valence-electron chi connectivity index (χ2n) is 9.93. The Morgan fingerprint density at radius 2 is 1.90 bits per heavy atom. The van der Waals surface area contributed by atoms with Crippen LogP contribution in [0.2, 0.25) is 5.02 Å². The van der Waals surface area contributed by atoms with Gasteiger partial charge in [0.25, 0.3) is 5.91 Å². The largest absolute Gasteiger partial charge is 0.495 e. The van der Waals surface area contributed by atoms with E-state index in [1.165, 1.54) is 12.1 Å². The minimum atomic E-state index is -4.50. The van der Waals surface area contributed by atoms with Crippen LogP contribution >= 0.6 is 11.6 Å². The lowest BCUT2D eigenvalue weighted by atomic mass is 10.1. The van der Waals surface area contributed by atoms with Crippen molar-refractivity contribution in [1.82, 2.24) is 25.6 Å². The maximum atomic E-state index is 13.8. The number of ether oxygens (including phenoxy) is 2. The van der Waals surface area contributed by atoms with Crippen LogP contribution in [0.15, 0.2) is 59.8 Å². The lowest BCUT2D eigenvalue weighted by molar-refractivity contribution is -0.138.